The molecule has 0 saturated carbocycles. The summed E-state index contributed by atoms with van der Waals surface area (Å²) in [6, 6.07) is 0.353. The Bertz CT molecular complexity index is 162. The van der Waals surface area contributed by atoms with Crippen molar-refractivity contribution in [3.05, 3.63) is 0 Å². The van der Waals surface area contributed by atoms with Gasteiger partial charge in [-0.25, -0.2) is 5.84 Å². The van der Waals surface area contributed by atoms with Crippen LogP contribution in [0.2, 0.25) is 0 Å². The molecule has 4 N–H and O–H groups in total. The third-order valence-electron chi connectivity index (χ3n) is 2.22. The number of nitrogens with one attached hydrogen (secondary N) is 2. The molecule has 0 rings (SSSR count). The quantitative estimate of drug-likeness (QED) is 0.271. The standard InChI is InChI=1S/C10H24N4/c1-5-9(6-2)7-12-10(14-11)13-8(3)4/h8-9H,5-7,11H2,1-4H3,(H2,12,13,14). The van der Waals surface area contributed by atoms with Gasteiger partial charge in [0, 0.05) is 12.6 Å². The summed E-state index contributed by atoms with van der Waals surface area (Å²) in [7, 11) is 0. The number of nitrogens with two attached hydrogens (primary N) is 1. The number of hydrogen-bond donors (Lipinski definition) is 3. The van der Waals surface area contributed by atoms with Crippen molar-refractivity contribution in [1.29, 1.82) is 0 Å². The number of guanidine groups is 1. The minimum absolute atomic E-state index is 0.353. The zero-order chi connectivity index (χ0) is 11.0. The molecular formula is C10H24N4. The molecule has 0 aromatic heterocycles. The summed E-state index contributed by atoms with van der Waals surface area (Å²) in [5.41, 5.74) is 2.58. The molecule has 0 aliphatic carbocycles. The van der Waals surface area contributed by atoms with E-state index in [0.717, 1.165) is 6.54 Å². The van der Waals surface area contributed by atoms with Gasteiger partial charge in [-0.05, 0) is 19.8 Å². The minimum atomic E-state index is 0.353. The molecule has 0 aromatic rings. The maximum atomic E-state index is 5.35. The van der Waals surface area contributed by atoms with Crippen molar-refractivity contribution in [2.45, 2.75) is 46.6 Å². The minimum Gasteiger partial charge on any atom is -0.353 e. The lowest BCUT2D eigenvalue weighted by Gasteiger charge is -2.14. The highest BCUT2D eigenvalue weighted by atomic mass is 15.3. The fourth-order valence-electron chi connectivity index (χ4n) is 1.17. The molecule has 0 aliphatic rings. The summed E-state index contributed by atoms with van der Waals surface area (Å²) in [5, 5.41) is 3.15. The third-order valence-corrected chi connectivity index (χ3v) is 2.22. The maximum Gasteiger partial charge on any atom is 0.205 e. The Balaban J connectivity index is 4.02. The zero-order valence-electron chi connectivity index (χ0n) is 9.80. The van der Waals surface area contributed by atoms with Crippen molar-refractivity contribution in [1.82, 2.24) is 10.7 Å². The van der Waals surface area contributed by atoms with Crippen LogP contribution in [0.1, 0.15) is 40.5 Å². The van der Waals surface area contributed by atoms with E-state index in [2.05, 4.69) is 43.4 Å². The molecule has 0 aliphatic heterocycles. The summed E-state index contributed by atoms with van der Waals surface area (Å²) in [6.45, 7) is 9.34. The second kappa shape index (κ2) is 7.62. The van der Waals surface area contributed by atoms with Crippen molar-refractivity contribution in [2.75, 3.05) is 6.54 Å². The van der Waals surface area contributed by atoms with E-state index in [4.69, 9.17) is 5.84 Å². The number of aliphatic imine (C=N–C) groups is 1. The van der Waals surface area contributed by atoms with E-state index in [-0.39, 0.29) is 0 Å². The first kappa shape index (κ1) is 13.2. The SMILES string of the molecule is CCC(CC)CN=C(NN)NC(C)C. The van der Waals surface area contributed by atoms with Crippen LogP contribution in [0.5, 0.6) is 0 Å². The summed E-state index contributed by atoms with van der Waals surface area (Å²) in [5.74, 6) is 6.69. The lowest BCUT2D eigenvalue weighted by molar-refractivity contribution is 0.503. The van der Waals surface area contributed by atoms with Crippen LogP contribution in [0.3, 0.4) is 0 Å². The molecule has 4 nitrogen and oxygen atoms in total. The second-order valence-electron chi connectivity index (χ2n) is 3.82. The van der Waals surface area contributed by atoms with E-state index < -0.39 is 0 Å². The van der Waals surface area contributed by atoms with Gasteiger partial charge in [-0.15, -0.1) is 0 Å². The highest BCUT2D eigenvalue weighted by Gasteiger charge is 2.03. The molecule has 0 unspecified atom stereocenters. The van der Waals surface area contributed by atoms with Gasteiger partial charge in [0.1, 0.15) is 0 Å². The fraction of sp³-hybridized carbons (Fsp3) is 0.900. The van der Waals surface area contributed by atoms with Crippen molar-refractivity contribution in [3.8, 4) is 0 Å². The predicted molar refractivity (Wildman–Crippen MR) is 62.0 cm³/mol. The van der Waals surface area contributed by atoms with E-state index in [1.807, 2.05) is 0 Å². The Kier molecular flexibility index (Phi) is 7.20. The van der Waals surface area contributed by atoms with Crippen LogP contribution < -0.4 is 16.6 Å². The van der Waals surface area contributed by atoms with E-state index in [9.17, 15) is 0 Å². The number of rotatable bonds is 5. The molecule has 0 spiro atoms. The van der Waals surface area contributed by atoms with Gasteiger partial charge in [0.25, 0.3) is 0 Å². The predicted octanol–water partition coefficient (Wildman–Crippen LogP) is 1.24. The topological polar surface area (TPSA) is 62.4 Å². The van der Waals surface area contributed by atoms with E-state index in [1.54, 1.807) is 0 Å². The van der Waals surface area contributed by atoms with Gasteiger partial charge in [0.2, 0.25) is 5.96 Å². The van der Waals surface area contributed by atoms with Crippen molar-refractivity contribution in [2.24, 2.45) is 16.8 Å². The molecule has 0 saturated heterocycles. The van der Waals surface area contributed by atoms with Crippen LogP contribution in [-0.2, 0) is 0 Å². The molecule has 14 heavy (non-hydrogen) atoms. The average molecular weight is 200 g/mol. The van der Waals surface area contributed by atoms with Crippen LogP contribution in [0, 0.1) is 5.92 Å². The summed E-state index contributed by atoms with van der Waals surface area (Å²) < 4.78 is 0. The molecule has 0 bridgehead atoms. The summed E-state index contributed by atoms with van der Waals surface area (Å²) >= 11 is 0. The van der Waals surface area contributed by atoms with Crippen LogP contribution >= 0.6 is 0 Å². The molecule has 0 amide bonds. The monoisotopic (exact) mass is 200 g/mol. The number of nitrogens with zero attached hydrogens (tertiary/aromatic N) is 1. The fourth-order valence-corrected chi connectivity index (χ4v) is 1.17. The van der Waals surface area contributed by atoms with Gasteiger partial charge >= 0.3 is 0 Å². The van der Waals surface area contributed by atoms with Gasteiger partial charge in [-0.1, -0.05) is 26.7 Å². The number of hydrazine groups is 1. The molecule has 0 radical (unpaired) electrons. The molecule has 0 heterocycles. The summed E-state index contributed by atoms with van der Waals surface area (Å²) in [4.78, 5) is 4.39. The first-order valence-electron chi connectivity index (χ1n) is 5.41. The van der Waals surface area contributed by atoms with E-state index >= 15 is 0 Å². The molecular weight excluding hydrogens is 176 g/mol. The Hall–Kier alpha value is -0.770. The lowest BCUT2D eigenvalue weighted by Crippen LogP contribution is -2.44. The second-order valence-corrected chi connectivity index (χ2v) is 3.82. The third kappa shape index (κ3) is 5.80. The summed E-state index contributed by atoms with van der Waals surface area (Å²) in [6.07, 6.45) is 2.33. The lowest BCUT2D eigenvalue weighted by atomic mass is 10.0. The highest BCUT2D eigenvalue weighted by Crippen LogP contribution is 2.06. The maximum absolute atomic E-state index is 5.35. The average Bonchev–Trinajstić information content (AvgIpc) is 2.17. The van der Waals surface area contributed by atoms with Gasteiger partial charge in [0.05, 0.1) is 0 Å². The van der Waals surface area contributed by atoms with Crippen molar-refractivity contribution < 1.29 is 0 Å². The number of hydrogen-bond acceptors (Lipinski definition) is 2. The van der Waals surface area contributed by atoms with Crippen LogP contribution in [0.15, 0.2) is 4.99 Å². The Morgan fingerprint density at radius 1 is 1.29 bits per heavy atom. The molecule has 4 heteroatoms. The van der Waals surface area contributed by atoms with Gasteiger partial charge < -0.3 is 5.32 Å². The smallest absolute Gasteiger partial charge is 0.205 e. The van der Waals surface area contributed by atoms with Crippen LogP contribution in [0.25, 0.3) is 0 Å². The van der Waals surface area contributed by atoms with Gasteiger partial charge in [-0.3, -0.25) is 10.4 Å². The largest absolute Gasteiger partial charge is 0.353 e. The Labute approximate surface area is 87.3 Å². The molecule has 84 valence electrons. The molecule has 0 fully saturated rings. The first-order valence-corrected chi connectivity index (χ1v) is 5.41. The first-order chi connectivity index (χ1) is 6.63. The molecule has 0 aromatic carbocycles. The highest BCUT2D eigenvalue weighted by molar-refractivity contribution is 5.79. The Morgan fingerprint density at radius 3 is 2.21 bits per heavy atom. The zero-order valence-corrected chi connectivity index (χ0v) is 9.80. The van der Waals surface area contributed by atoms with E-state index in [0.29, 0.717) is 17.9 Å². The van der Waals surface area contributed by atoms with E-state index in [1.165, 1.54) is 12.8 Å². The van der Waals surface area contributed by atoms with Crippen molar-refractivity contribution >= 4 is 5.96 Å². The van der Waals surface area contributed by atoms with Gasteiger partial charge in [-0.2, -0.15) is 0 Å². The molecule has 0 atom stereocenters. The Morgan fingerprint density at radius 2 is 1.86 bits per heavy atom. The van der Waals surface area contributed by atoms with Crippen molar-refractivity contribution in [3.63, 3.8) is 0 Å². The van der Waals surface area contributed by atoms with Crippen LogP contribution in [0.4, 0.5) is 0 Å². The van der Waals surface area contributed by atoms with Crippen LogP contribution in [-0.4, -0.2) is 18.5 Å². The van der Waals surface area contributed by atoms with Gasteiger partial charge in [0.15, 0.2) is 0 Å². The normalized spacial score (nSPS) is 12.4.